The highest BCUT2D eigenvalue weighted by Crippen LogP contribution is 1.67. The molecule has 2 nitrogen and oxygen atoms in total. The lowest BCUT2D eigenvalue weighted by molar-refractivity contribution is 0.201. The maximum atomic E-state index is 7.79. The summed E-state index contributed by atoms with van der Waals surface area (Å²) in [5, 5.41) is 7.79. The minimum absolute atomic E-state index is 0.560. The summed E-state index contributed by atoms with van der Waals surface area (Å²) in [6.07, 6.45) is 0. The Morgan fingerprint density at radius 3 is 2.20 bits per heavy atom. The number of hydrogen-bond donors (Lipinski definition) is 2. The minimum atomic E-state index is 0.560. The van der Waals surface area contributed by atoms with Crippen molar-refractivity contribution in [1.82, 2.24) is 5.48 Å². The SMILES string of the molecule is C=C(C)NO. The van der Waals surface area contributed by atoms with Crippen LogP contribution < -0.4 is 5.48 Å². The number of rotatable bonds is 1. The van der Waals surface area contributed by atoms with Crippen molar-refractivity contribution in [3.8, 4) is 0 Å². The van der Waals surface area contributed by atoms with E-state index >= 15 is 0 Å². The van der Waals surface area contributed by atoms with Crippen LogP contribution in [0.15, 0.2) is 12.3 Å². The molecule has 0 saturated heterocycles. The number of hydroxylamine groups is 1. The Morgan fingerprint density at radius 1 is 2.00 bits per heavy atom. The largest absolute Gasteiger partial charge is 0.291 e. The molecule has 0 bridgehead atoms. The first-order chi connectivity index (χ1) is 2.27. The van der Waals surface area contributed by atoms with Crippen LogP contribution in [-0.2, 0) is 0 Å². The fraction of sp³-hybridized carbons (Fsp3) is 0.333. The monoisotopic (exact) mass is 73.1 g/mol. The minimum Gasteiger partial charge on any atom is -0.291 e. The zero-order valence-electron chi connectivity index (χ0n) is 3.15. The van der Waals surface area contributed by atoms with E-state index in [0.717, 1.165) is 0 Å². The first kappa shape index (κ1) is 4.50. The third kappa shape index (κ3) is 3.50. The van der Waals surface area contributed by atoms with Gasteiger partial charge >= 0.3 is 0 Å². The molecule has 0 saturated carbocycles. The highest BCUT2D eigenvalue weighted by Gasteiger charge is 1.64. The Bertz CT molecular complexity index is 42.2. The van der Waals surface area contributed by atoms with Gasteiger partial charge in [0.1, 0.15) is 0 Å². The lowest BCUT2D eigenvalue weighted by Crippen LogP contribution is -1.99. The number of allylic oxidation sites excluding steroid dienone is 1. The lowest BCUT2D eigenvalue weighted by atomic mass is 10.6. The first-order valence-electron chi connectivity index (χ1n) is 1.33. The van der Waals surface area contributed by atoms with Crippen molar-refractivity contribution in [2.45, 2.75) is 6.92 Å². The van der Waals surface area contributed by atoms with Crippen molar-refractivity contribution in [2.75, 3.05) is 0 Å². The molecule has 0 aliphatic rings. The van der Waals surface area contributed by atoms with E-state index in [-0.39, 0.29) is 0 Å². The van der Waals surface area contributed by atoms with Gasteiger partial charge < -0.3 is 0 Å². The molecule has 0 aromatic rings. The standard InChI is InChI=1S/C3H7NO/c1-3(2)4-5/h4-5H,1H2,2H3. The van der Waals surface area contributed by atoms with E-state index < -0.39 is 0 Å². The zero-order valence-corrected chi connectivity index (χ0v) is 3.15. The Labute approximate surface area is 31.1 Å². The van der Waals surface area contributed by atoms with E-state index in [1.807, 2.05) is 5.48 Å². The van der Waals surface area contributed by atoms with Gasteiger partial charge in [-0.1, -0.05) is 6.58 Å². The maximum Gasteiger partial charge on any atom is 0.0273 e. The molecule has 5 heavy (non-hydrogen) atoms. The fourth-order valence-electron chi connectivity index (χ4n) is 0. The van der Waals surface area contributed by atoms with Crippen LogP contribution in [0.2, 0.25) is 0 Å². The fourth-order valence-corrected chi connectivity index (χ4v) is 0. The molecule has 0 rings (SSSR count). The van der Waals surface area contributed by atoms with Crippen LogP contribution in [-0.4, -0.2) is 5.21 Å². The molecule has 0 spiro atoms. The predicted molar refractivity (Wildman–Crippen MR) is 19.7 cm³/mol. The van der Waals surface area contributed by atoms with E-state index in [0.29, 0.717) is 5.70 Å². The molecule has 0 fully saturated rings. The van der Waals surface area contributed by atoms with Crippen molar-refractivity contribution in [1.29, 1.82) is 0 Å². The van der Waals surface area contributed by atoms with E-state index in [1.165, 1.54) is 0 Å². The van der Waals surface area contributed by atoms with Crippen LogP contribution in [0.5, 0.6) is 0 Å². The van der Waals surface area contributed by atoms with Crippen LogP contribution in [0.1, 0.15) is 6.92 Å². The van der Waals surface area contributed by atoms with Gasteiger partial charge in [0.05, 0.1) is 0 Å². The summed E-state index contributed by atoms with van der Waals surface area (Å²) in [5.74, 6) is 0. The molecule has 0 radical (unpaired) electrons. The summed E-state index contributed by atoms with van der Waals surface area (Å²) >= 11 is 0. The molecule has 0 unspecified atom stereocenters. The van der Waals surface area contributed by atoms with Crippen molar-refractivity contribution in [3.05, 3.63) is 12.3 Å². The van der Waals surface area contributed by atoms with Gasteiger partial charge in [-0.05, 0) is 6.92 Å². The molecule has 2 heteroatoms. The second-order valence-corrected chi connectivity index (χ2v) is 0.892. The second-order valence-electron chi connectivity index (χ2n) is 0.892. The number of nitrogens with one attached hydrogen (secondary N) is 1. The predicted octanol–water partition coefficient (Wildman–Crippen LogP) is 0.499. The average Bonchev–Trinajstić information content (AvgIpc) is 1.38. The summed E-state index contributed by atoms with van der Waals surface area (Å²) in [6.45, 7) is 4.98. The second kappa shape index (κ2) is 1.79. The van der Waals surface area contributed by atoms with Crippen molar-refractivity contribution in [2.24, 2.45) is 0 Å². The molecule has 0 aromatic heterocycles. The van der Waals surface area contributed by atoms with E-state index in [4.69, 9.17) is 5.21 Å². The van der Waals surface area contributed by atoms with E-state index in [9.17, 15) is 0 Å². The van der Waals surface area contributed by atoms with Crippen LogP contribution in [0, 0.1) is 0 Å². The maximum absolute atomic E-state index is 7.79. The molecule has 0 aromatic carbocycles. The molecule has 0 atom stereocenters. The number of hydrogen-bond acceptors (Lipinski definition) is 2. The van der Waals surface area contributed by atoms with Crippen LogP contribution >= 0.6 is 0 Å². The molecule has 0 amide bonds. The van der Waals surface area contributed by atoms with Gasteiger partial charge in [-0.3, -0.25) is 10.7 Å². The quantitative estimate of drug-likeness (QED) is 0.443. The molecule has 0 heterocycles. The van der Waals surface area contributed by atoms with Gasteiger partial charge in [0, 0.05) is 5.70 Å². The Hall–Kier alpha value is -0.500. The van der Waals surface area contributed by atoms with E-state index in [2.05, 4.69) is 6.58 Å². The third-order valence-corrected chi connectivity index (χ3v) is 0.191. The summed E-state index contributed by atoms with van der Waals surface area (Å²) in [5.41, 5.74) is 2.39. The van der Waals surface area contributed by atoms with Gasteiger partial charge in [0.15, 0.2) is 0 Å². The third-order valence-electron chi connectivity index (χ3n) is 0.191. The Morgan fingerprint density at radius 2 is 2.20 bits per heavy atom. The normalized spacial score (nSPS) is 6.80. The summed E-state index contributed by atoms with van der Waals surface area (Å²) in [4.78, 5) is 0. The Balaban J connectivity index is 2.85. The van der Waals surface area contributed by atoms with Crippen molar-refractivity contribution in [3.63, 3.8) is 0 Å². The Kier molecular flexibility index (Phi) is 1.61. The van der Waals surface area contributed by atoms with Gasteiger partial charge in [-0.25, -0.2) is 0 Å². The van der Waals surface area contributed by atoms with Crippen molar-refractivity contribution < 1.29 is 5.21 Å². The summed E-state index contributed by atoms with van der Waals surface area (Å²) in [7, 11) is 0. The highest BCUT2D eigenvalue weighted by molar-refractivity contribution is 4.78. The smallest absolute Gasteiger partial charge is 0.0273 e. The molecular formula is C3H7NO. The van der Waals surface area contributed by atoms with Crippen LogP contribution in [0.4, 0.5) is 0 Å². The topological polar surface area (TPSA) is 32.3 Å². The van der Waals surface area contributed by atoms with Gasteiger partial charge in [-0.15, -0.1) is 0 Å². The molecule has 0 aliphatic heterocycles. The average molecular weight is 73.1 g/mol. The summed E-state index contributed by atoms with van der Waals surface area (Å²) < 4.78 is 0. The van der Waals surface area contributed by atoms with Crippen molar-refractivity contribution >= 4 is 0 Å². The van der Waals surface area contributed by atoms with Gasteiger partial charge in [-0.2, -0.15) is 0 Å². The molecule has 0 aliphatic carbocycles. The molecular weight excluding hydrogens is 66.0 g/mol. The van der Waals surface area contributed by atoms with E-state index in [1.54, 1.807) is 6.92 Å². The first-order valence-corrected chi connectivity index (χ1v) is 1.33. The van der Waals surface area contributed by atoms with Crippen LogP contribution in [0.25, 0.3) is 0 Å². The highest BCUT2D eigenvalue weighted by atomic mass is 16.5. The molecule has 30 valence electrons. The lowest BCUT2D eigenvalue weighted by Gasteiger charge is -1.86. The molecule has 2 N–H and O–H groups in total. The van der Waals surface area contributed by atoms with Crippen LogP contribution in [0.3, 0.4) is 0 Å². The summed E-state index contributed by atoms with van der Waals surface area (Å²) in [6, 6.07) is 0. The zero-order chi connectivity index (χ0) is 4.28. The van der Waals surface area contributed by atoms with Gasteiger partial charge in [0.2, 0.25) is 0 Å². The van der Waals surface area contributed by atoms with Gasteiger partial charge in [0.25, 0.3) is 0 Å².